The third kappa shape index (κ3) is 2.95. The van der Waals surface area contributed by atoms with Crippen LogP contribution in [0.25, 0.3) is 0 Å². The number of hydrogen-bond donors (Lipinski definition) is 1. The first-order valence-corrected chi connectivity index (χ1v) is 6.27. The van der Waals surface area contributed by atoms with Gasteiger partial charge in [0.2, 0.25) is 0 Å². The van der Waals surface area contributed by atoms with Gasteiger partial charge in [0.1, 0.15) is 16.8 Å². The van der Waals surface area contributed by atoms with Crippen LogP contribution in [0.15, 0.2) is 22.7 Å². The smallest absolute Gasteiger partial charge is 0.287 e. The maximum absolute atomic E-state index is 10.7. The molecule has 1 aromatic carbocycles. The number of hydrogen-bond acceptors (Lipinski definition) is 4. The van der Waals surface area contributed by atoms with Gasteiger partial charge in [0.05, 0.1) is 4.92 Å². The van der Waals surface area contributed by atoms with Crippen LogP contribution in [0.4, 0.5) is 5.69 Å². The molecule has 1 atom stereocenters. The fourth-order valence-electron chi connectivity index (χ4n) is 1.84. The number of nitrogens with one attached hydrogen (secondary N) is 1. The van der Waals surface area contributed by atoms with Gasteiger partial charge in [0.15, 0.2) is 0 Å². The third-order valence-electron chi connectivity index (χ3n) is 2.74. The fourth-order valence-corrected chi connectivity index (χ4v) is 2.36. The van der Waals surface area contributed by atoms with Crippen molar-refractivity contribution >= 4 is 21.6 Å². The fraction of sp³-hybridized carbons (Fsp3) is 0.455. The van der Waals surface area contributed by atoms with E-state index in [9.17, 15) is 10.1 Å². The van der Waals surface area contributed by atoms with Crippen molar-refractivity contribution in [3.05, 3.63) is 32.8 Å². The molecule has 6 heteroatoms. The molecule has 92 valence electrons. The van der Waals surface area contributed by atoms with E-state index in [4.69, 9.17) is 4.74 Å². The quantitative estimate of drug-likeness (QED) is 0.685. The lowest BCUT2D eigenvalue weighted by atomic mass is 10.2. The Bertz CT molecular complexity index is 419. The molecule has 1 aromatic rings. The van der Waals surface area contributed by atoms with Gasteiger partial charge in [0, 0.05) is 12.1 Å². The minimum absolute atomic E-state index is 0.0295. The molecule has 1 fully saturated rings. The minimum Gasteiger partial charge on any atom is -0.491 e. The zero-order valence-corrected chi connectivity index (χ0v) is 10.8. The van der Waals surface area contributed by atoms with Gasteiger partial charge in [-0.3, -0.25) is 10.1 Å². The molecule has 2 rings (SSSR count). The average Bonchev–Trinajstić information content (AvgIpc) is 2.80. The van der Waals surface area contributed by atoms with Crippen molar-refractivity contribution in [3.63, 3.8) is 0 Å². The molecule has 0 amide bonds. The molecule has 0 aliphatic carbocycles. The predicted molar refractivity (Wildman–Crippen MR) is 67.3 cm³/mol. The Morgan fingerprint density at radius 2 is 2.41 bits per heavy atom. The summed E-state index contributed by atoms with van der Waals surface area (Å²) in [4.78, 5) is 10.3. The van der Waals surface area contributed by atoms with Crippen LogP contribution >= 0.6 is 15.9 Å². The summed E-state index contributed by atoms with van der Waals surface area (Å²) in [6.07, 6.45) is 2.25. The summed E-state index contributed by atoms with van der Waals surface area (Å²) >= 11 is 3.20. The molecule has 1 saturated heterocycles. The summed E-state index contributed by atoms with van der Waals surface area (Å²) in [6, 6.07) is 5.15. The monoisotopic (exact) mass is 300 g/mol. The molecule has 0 radical (unpaired) electrons. The standard InChI is InChI=1S/C11H13BrN2O3/c12-11-9(14(15)16)4-1-5-10(11)17-7-8-3-2-6-13-8/h1,4-5,8,13H,2-3,6-7H2/t8-/m1/s1. The summed E-state index contributed by atoms with van der Waals surface area (Å²) in [5.41, 5.74) is 0.0295. The topological polar surface area (TPSA) is 64.4 Å². The zero-order valence-electron chi connectivity index (χ0n) is 9.19. The van der Waals surface area contributed by atoms with Crippen molar-refractivity contribution in [2.24, 2.45) is 0 Å². The molecule has 1 heterocycles. The first kappa shape index (κ1) is 12.3. The van der Waals surface area contributed by atoms with Crippen LogP contribution in [-0.4, -0.2) is 24.1 Å². The third-order valence-corrected chi connectivity index (χ3v) is 3.54. The van der Waals surface area contributed by atoms with Crippen LogP contribution in [0, 0.1) is 10.1 Å². The number of rotatable bonds is 4. The Labute approximate surface area is 107 Å². The molecule has 1 aliphatic heterocycles. The molecular formula is C11H13BrN2O3. The molecule has 17 heavy (non-hydrogen) atoms. The second-order valence-corrected chi connectivity index (χ2v) is 4.74. The predicted octanol–water partition coefficient (Wildman–Crippen LogP) is 2.49. The number of halogens is 1. The second kappa shape index (κ2) is 5.46. The van der Waals surface area contributed by atoms with Gasteiger partial charge in [-0.25, -0.2) is 0 Å². The molecule has 1 aliphatic rings. The number of nitro benzene ring substituents is 1. The van der Waals surface area contributed by atoms with Crippen molar-refractivity contribution in [2.45, 2.75) is 18.9 Å². The van der Waals surface area contributed by atoms with E-state index in [1.807, 2.05) is 0 Å². The SMILES string of the molecule is O=[N+]([O-])c1cccc(OC[C@H]2CCCN2)c1Br. The van der Waals surface area contributed by atoms with Gasteiger partial charge in [-0.05, 0) is 41.4 Å². The lowest BCUT2D eigenvalue weighted by Crippen LogP contribution is -2.28. The van der Waals surface area contributed by atoms with Crippen LogP contribution in [0.5, 0.6) is 5.75 Å². The van der Waals surface area contributed by atoms with Crippen LogP contribution in [0.3, 0.4) is 0 Å². The normalized spacial score (nSPS) is 19.2. The Balaban J connectivity index is 2.04. The Morgan fingerprint density at radius 1 is 1.59 bits per heavy atom. The second-order valence-electron chi connectivity index (χ2n) is 3.95. The van der Waals surface area contributed by atoms with Crippen LogP contribution < -0.4 is 10.1 Å². The van der Waals surface area contributed by atoms with Gasteiger partial charge in [0.25, 0.3) is 5.69 Å². The van der Waals surface area contributed by atoms with Gasteiger partial charge >= 0.3 is 0 Å². The molecule has 0 unspecified atom stereocenters. The largest absolute Gasteiger partial charge is 0.491 e. The van der Waals surface area contributed by atoms with E-state index in [-0.39, 0.29) is 5.69 Å². The van der Waals surface area contributed by atoms with Gasteiger partial charge in [-0.15, -0.1) is 0 Å². The molecule has 0 spiro atoms. The molecule has 1 N–H and O–H groups in total. The lowest BCUT2D eigenvalue weighted by molar-refractivity contribution is -0.385. The van der Waals surface area contributed by atoms with E-state index in [0.717, 1.165) is 19.4 Å². The van der Waals surface area contributed by atoms with Crippen LogP contribution in [0.1, 0.15) is 12.8 Å². The zero-order chi connectivity index (χ0) is 12.3. The van der Waals surface area contributed by atoms with E-state index in [1.165, 1.54) is 6.07 Å². The highest BCUT2D eigenvalue weighted by Crippen LogP contribution is 2.33. The van der Waals surface area contributed by atoms with E-state index < -0.39 is 4.92 Å². The summed E-state index contributed by atoms with van der Waals surface area (Å²) in [5, 5.41) is 14.1. The lowest BCUT2D eigenvalue weighted by Gasteiger charge is -2.13. The number of nitro groups is 1. The van der Waals surface area contributed by atoms with Crippen molar-refractivity contribution in [1.82, 2.24) is 5.32 Å². The van der Waals surface area contributed by atoms with Crippen molar-refractivity contribution in [2.75, 3.05) is 13.2 Å². The van der Waals surface area contributed by atoms with E-state index in [0.29, 0.717) is 22.9 Å². The van der Waals surface area contributed by atoms with E-state index in [2.05, 4.69) is 21.2 Å². The highest BCUT2D eigenvalue weighted by molar-refractivity contribution is 9.10. The van der Waals surface area contributed by atoms with Crippen molar-refractivity contribution in [1.29, 1.82) is 0 Å². The number of benzene rings is 1. The molecule has 0 aromatic heterocycles. The van der Waals surface area contributed by atoms with E-state index in [1.54, 1.807) is 12.1 Å². The number of nitrogens with zero attached hydrogens (tertiary/aromatic N) is 1. The van der Waals surface area contributed by atoms with Gasteiger partial charge < -0.3 is 10.1 Å². The first-order chi connectivity index (χ1) is 8.18. The number of ether oxygens (including phenoxy) is 1. The molecule has 5 nitrogen and oxygen atoms in total. The minimum atomic E-state index is -0.426. The maximum atomic E-state index is 10.7. The van der Waals surface area contributed by atoms with Crippen molar-refractivity contribution < 1.29 is 9.66 Å². The highest BCUT2D eigenvalue weighted by Gasteiger charge is 2.18. The maximum Gasteiger partial charge on any atom is 0.287 e. The average molecular weight is 301 g/mol. The Kier molecular flexibility index (Phi) is 3.96. The summed E-state index contributed by atoms with van der Waals surface area (Å²) in [5.74, 6) is 0.521. The van der Waals surface area contributed by atoms with Gasteiger partial charge in [-0.1, -0.05) is 6.07 Å². The first-order valence-electron chi connectivity index (χ1n) is 5.47. The summed E-state index contributed by atoms with van der Waals surface area (Å²) in [6.45, 7) is 1.56. The summed E-state index contributed by atoms with van der Waals surface area (Å²) in [7, 11) is 0. The van der Waals surface area contributed by atoms with Crippen molar-refractivity contribution in [3.8, 4) is 5.75 Å². The molecule has 0 saturated carbocycles. The highest BCUT2D eigenvalue weighted by atomic mass is 79.9. The van der Waals surface area contributed by atoms with Crippen LogP contribution in [0.2, 0.25) is 0 Å². The Hall–Kier alpha value is -1.14. The van der Waals surface area contributed by atoms with Gasteiger partial charge in [-0.2, -0.15) is 0 Å². The summed E-state index contributed by atoms with van der Waals surface area (Å²) < 4.78 is 6.00. The van der Waals surface area contributed by atoms with E-state index >= 15 is 0 Å². The van der Waals surface area contributed by atoms with Crippen LogP contribution in [-0.2, 0) is 0 Å². The molecule has 0 bridgehead atoms. The molecular weight excluding hydrogens is 288 g/mol. The Morgan fingerprint density at radius 3 is 3.06 bits per heavy atom.